The molecule has 0 bridgehead atoms. The van der Waals surface area contributed by atoms with Crippen LogP contribution in [-0.4, -0.2) is 26.8 Å². The molecule has 3 unspecified atom stereocenters. The number of carbonyl (C=O) groups is 1. The highest BCUT2D eigenvalue weighted by atomic mass is 16.3. The number of rotatable bonds is 5. The fraction of sp³-hybridized carbons (Fsp3) is 0.458. The molecule has 7 nitrogen and oxygen atoms in total. The Morgan fingerprint density at radius 3 is 2.71 bits per heavy atom. The first kappa shape index (κ1) is 21.5. The quantitative estimate of drug-likeness (QED) is 0.504. The minimum Gasteiger partial charge on any atom is -0.374 e. The summed E-state index contributed by atoms with van der Waals surface area (Å²) in [6.45, 7) is 6.88. The van der Waals surface area contributed by atoms with Gasteiger partial charge in [-0.1, -0.05) is 32.9 Å². The van der Waals surface area contributed by atoms with Crippen LogP contribution in [-0.2, 0) is 4.79 Å². The van der Waals surface area contributed by atoms with Gasteiger partial charge in [0.15, 0.2) is 0 Å². The normalized spacial score (nSPS) is 24.4. The molecule has 1 fully saturated rings. The first-order valence-corrected chi connectivity index (χ1v) is 10.9. The Balaban J connectivity index is 1.75. The summed E-state index contributed by atoms with van der Waals surface area (Å²) in [5.74, 6) is 0.630. The summed E-state index contributed by atoms with van der Waals surface area (Å²) in [4.78, 5) is 16.2. The van der Waals surface area contributed by atoms with E-state index in [2.05, 4.69) is 25.9 Å². The van der Waals surface area contributed by atoms with Crippen molar-refractivity contribution in [2.45, 2.75) is 52.7 Å². The van der Waals surface area contributed by atoms with Crippen LogP contribution in [0, 0.1) is 17.3 Å². The van der Waals surface area contributed by atoms with Crippen LogP contribution >= 0.6 is 0 Å². The molecule has 2 heterocycles. The number of aromatic nitrogens is 2. The molecule has 2 aliphatic rings. The molecule has 2 aromatic heterocycles. The smallest absolute Gasteiger partial charge is 0.244 e. The van der Waals surface area contributed by atoms with E-state index < -0.39 is 6.23 Å². The molecular formula is C24H31N5O2. The number of aliphatic hydroxyl groups is 1. The van der Waals surface area contributed by atoms with Crippen molar-refractivity contribution in [3.63, 3.8) is 0 Å². The van der Waals surface area contributed by atoms with E-state index in [1.165, 1.54) is 6.42 Å². The third kappa shape index (κ3) is 3.95. The minimum atomic E-state index is -1.16. The van der Waals surface area contributed by atoms with Gasteiger partial charge >= 0.3 is 0 Å². The maximum atomic E-state index is 11.4. The van der Waals surface area contributed by atoms with Crippen LogP contribution in [0.25, 0.3) is 11.1 Å². The highest BCUT2D eigenvalue weighted by Gasteiger charge is 2.39. The van der Waals surface area contributed by atoms with E-state index in [4.69, 9.17) is 16.5 Å². The number of nitrogens with two attached hydrogens (primary N) is 2. The predicted molar refractivity (Wildman–Crippen MR) is 123 cm³/mol. The topological polar surface area (TPSA) is 119 Å². The number of hydrogen-bond donors (Lipinski definition) is 3. The summed E-state index contributed by atoms with van der Waals surface area (Å²) in [5, 5.41) is 14.6. The molecular weight excluding hydrogens is 390 g/mol. The lowest BCUT2D eigenvalue weighted by Gasteiger charge is -2.28. The van der Waals surface area contributed by atoms with Gasteiger partial charge < -0.3 is 16.6 Å². The third-order valence-corrected chi connectivity index (χ3v) is 7.31. The van der Waals surface area contributed by atoms with Crippen LogP contribution in [0.4, 0.5) is 5.69 Å². The maximum absolute atomic E-state index is 11.4. The van der Waals surface area contributed by atoms with E-state index in [0.29, 0.717) is 35.1 Å². The Kier molecular flexibility index (Phi) is 5.58. The maximum Gasteiger partial charge on any atom is 0.244 e. The lowest BCUT2D eigenvalue weighted by atomic mass is 9.77. The van der Waals surface area contributed by atoms with Crippen molar-refractivity contribution < 1.29 is 9.90 Å². The van der Waals surface area contributed by atoms with Crippen molar-refractivity contribution in [3.8, 4) is 0 Å². The molecule has 164 valence electrons. The van der Waals surface area contributed by atoms with Crippen LogP contribution in [0.2, 0.25) is 0 Å². The van der Waals surface area contributed by atoms with Crippen molar-refractivity contribution in [3.05, 3.63) is 47.3 Å². The van der Waals surface area contributed by atoms with Gasteiger partial charge in [0.05, 0.1) is 17.4 Å². The monoisotopic (exact) mass is 421 g/mol. The van der Waals surface area contributed by atoms with E-state index in [-0.39, 0.29) is 11.3 Å². The molecule has 3 atom stereocenters. The SMILES string of the molecule is CC1CCC(C=Nc2c(C(N)O)cnn3cc(C4=CC=C(C(N)=O)CC4)cc23)C1(C)C. The molecule has 0 aliphatic heterocycles. The highest BCUT2D eigenvalue weighted by molar-refractivity contribution is 5.94. The van der Waals surface area contributed by atoms with Crippen molar-refractivity contribution in [1.82, 2.24) is 9.61 Å². The second kappa shape index (κ2) is 8.05. The zero-order chi connectivity index (χ0) is 22.3. The number of carbonyl (C=O) groups excluding carboxylic acids is 1. The lowest BCUT2D eigenvalue weighted by molar-refractivity contribution is -0.114. The van der Waals surface area contributed by atoms with Crippen LogP contribution in [0.3, 0.4) is 0 Å². The van der Waals surface area contributed by atoms with Gasteiger partial charge in [-0.05, 0) is 60.1 Å². The Morgan fingerprint density at radius 2 is 2.13 bits per heavy atom. The molecule has 5 N–H and O–H groups in total. The minimum absolute atomic E-state index is 0.179. The Hall–Kier alpha value is -2.77. The van der Waals surface area contributed by atoms with Crippen LogP contribution < -0.4 is 11.5 Å². The number of amides is 1. The van der Waals surface area contributed by atoms with Crippen molar-refractivity contribution in [2.24, 2.45) is 33.7 Å². The lowest BCUT2D eigenvalue weighted by Crippen LogP contribution is -2.24. The Labute approximate surface area is 182 Å². The third-order valence-electron chi connectivity index (χ3n) is 7.31. The number of allylic oxidation sites excluding steroid dienone is 3. The molecule has 4 rings (SSSR count). The molecule has 2 aliphatic carbocycles. The van der Waals surface area contributed by atoms with Gasteiger partial charge in [-0.15, -0.1) is 0 Å². The van der Waals surface area contributed by atoms with Crippen molar-refractivity contribution in [1.29, 1.82) is 0 Å². The number of fused-ring (bicyclic) bond motifs is 1. The van der Waals surface area contributed by atoms with E-state index >= 15 is 0 Å². The van der Waals surface area contributed by atoms with Gasteiger partial charge in [0, 0.05) is 23.5 Å². The van der Waals surface area contributed by atoms with Gasteiger partial charge in [0.2, 0.25) is 5.91 Å². The zero-order valence-electron chi connectivity index (χ0n) is 18.4. The van der Waals surface area contributed by atoms with Crippen molar-refractivity contribution >= 4 is 28.9 Å². The molecule has 1 amide bonds. The average molecular weight is 422 g/mol. The summed E-state index contributed by atoms with van der Waals surface area (Å²) in [6, 6.07) is 2.02. The summed E-state index contributed by atoms with van der Waals surface area (Å²) in [6.07, 6.45) is 11.7. The Morgan fingerprint density at radius 1 is 1.35 bits per heavy atom. The molecule has 0 saturated heterocycles. The van der Waals surface area contributed by atoms with Crippen molar-refractivity contribution in [2.75, 3.05) is 0 Å². The van der Waals surface area contributed by atoms with E-state index in [0.717, 1.165) is 29.5 Å². The van der Waals surface area contributed by atoms with E-state index in [9.17, 15) is 9.90 Å². The molecule has 0 aromatic carbocycles. The number of primary amides is 1. The number of hydrogen-bond acceptors (Lipinski definition) is 5. The largest absolute Gasteiger partial charge is 0.374 e. The molecule has 1 saturated carbocycles. The molecule has 31 heavy (non-hydrogen) atoms. The summed E-state index contributed by atoms with van der Waals surface area (Å²) < 4.78 is 1.77. The Bertz CT molecular complexity index is 1110. The van der Waals surface area contributed by atoms with Gasteiger partial charge in [0.1, 0.15) is 6.23 Å². The summed E-state index contributed by atoms with van der Waals surface area (Å²) in [5.41, 5.74) is 16.1. The van der Waals surface area contributed by atoms with Gasteiger partial charge in [0.25, 0.3) is 0 Å². The average Bonchev–Trinajstić information content (AvgIpc) is 3.27. The summed E-state index contributed by atoms with van der Waals surface area (Å²) in [7, 11) is 0. The zero-order valence-corrected chi connectivity index (χ0v) is 18.4. The second-order valence-corrected chi connectivity index (χ2v) is 9.38. The van der Waals surface area contributed by atoms with Crippen LogP contribution in [0.1, 0.15) is 63.8 Å². The highest BCUT2D eigenvalue weighted by Crippen LogP contribution is 2.46. The van der Waals surface area contributed by atoms with E-state index in [1.807, 2.05) is 24.6 Å². The van der Waals surface area contributed by atoms with Gasteiger partial charge in [-0.25, -0.2) is 4.52 Å². The number of aliphatic imine (C=N–C) groups is 1. The van der Waals surface area contributed by atoms with Crippen LogP contribution in [0.5, 0.6) is 0 Å². The molecule has 7 heteroatoms. The molecule has 2 aromatic rings. The van der Waals surface area contributed by atoms with Crippen LogP contribution in [0.15, 0.2) is 41.2 Å². The van der Waals surface area contributed by atoms with Gasteiger partial charge in [-0.3, -0.25) is 9.79 Å². The van der Waals surface area contributed by atoms with E-state index in [1.54, 1.807) is 16.8 Å². The first-order chi connectivity index (χ1) is 14.7. The molecule has 0 radical (unpaired) electrons. The summed E-state index contributed by atoms with van der Waals surface area (Å²) >= 11 is 0. The first-order valence-electron chi connectivity index (χ1n) is 10.9. The fourth-order valence-corrected chi connectivity index (χ4v) is 4.64. The second-order valence-electron chi connectivity index (χ2n) is 9.38. The fourth-order valence-electron chi connectivity index (χ4n) is 4.64. The molecule has 0 spiro atoms. The van der Waals surface area contributed by atoms with Gasteiger partial charge in [-0.2, -0.15) is 5.10 Å². The number of aliphatic hydroxyl groups excluding tert-OH is 1. The predicted octanol–water partition coefficient (Wildman–Crippen LogP) is 3.65. The standard InChI is InChI=1S/C24H31N5O2/c1-14-4-9-18(24(14,2)3)11-27-21-19(23(26)31)12-28-29-13-17(10-20(21)29)15-5-7-16(8-6-15)22(25)30/h5,7,10-14,18,23,31H,4,6,8-9,26H2,1-3H3,(H2,25,30). The number of nitrogens with zero attached hydrogens (tertiary/aromatic N) is 3.